The molecular weight excluding hydrogens is 331 g/mol. The Balaban J connectivity index is 0.00000100. The van der Waals surface area contributed by atoms with Gasteiger partial charge in [-0.15, -0.1) is 0 Å². The monoisotopic (exact) mass is 358 g/mol. The molecule has 1 aromatic rings. The van der Waals surface area contributed by atoms with E-state index in [1.807, 2.05) is 20.8 Å². The molecule has 1 saturated heterocycles. The molecule has 3 heterocycles. The van der Waals surface area contributed by atoms with Crippen molar-refractivity contribution in [3.8, 4) is 0 Å². The number of rotatable bonds is 5. The molecule has 0 bridgehead atoms. The zero-order valence-corrected chi connectivity index (χ0v) is 15.2. The summed E-state index contributed by atoms with van der Waals surface area (Å²) in [5, 5.41) is 3.03. The van der Waals surface area contributed by atoms with Gasteiger partial charge < -0.3 is 25.2 Å². The first-order chi connectivity index (χ1) is 11.4. The molecule has 136 valence electrons. The number of nitrogens with two attached hydrogens (primary N) is 2. The molecule has 1 fully saturated rings. The summed E-state index contributed by atoms with van der Waals surface area (Å²) in [4.78, 5) is 20.0. The van der Waals surface area contributed by atoms with Crippen molar-refractivity contribution >= 4 is 31.0 Å². The average molecular weight is 358 g/mol. The summed E-state index contributed by atoms with van der Waals surface area (Å²) >= 11 is 0. The van der Waals surface area contributed by atoms with Gasteiger partial charge in [0.05, 0.1) is 0 Å². The lowest BCUT2D eigenvalue weighted by atomic mass is 10.2. The maximum Gasteiger partial charge on any atom is 0.170 e. The van der Waals surface area contributed by atoms with Crippen LogP contribution in [0.5, 0.6) is 0 Å². The van der Waals surface area contributed by atoms with Gasteiger partial charge in [-0.1, -0.05) is 27.1 Å². The van der Waals surface area contributed by atoms with E-state index in [2.05, 4.69) is 21.6 Å². The van der Waals surface area contributed by atoms with E-state index in [1.54, 1.807) is 4.90 Å². The highest BCUT2D eigenvalue weighted by molar-refractivity contribution is 7.63. The van der Waals surface area contributed by atoms with E-state index in [-0.39, 0.29) is 6.23 Å². The van der Waals surface area contributed by atoms with E-state index < -0.39 is 19.9 Å². The van der Waals surface area contributed by atoms with Crippen LogP contribution in [0.15, 0.2) is 6.33 Å². The van der Waals surface area contributed by atoms with Crippen LogP contribution in [-0.2, 0) is 9.26 Å². The molecule has 0 saturated carbocycles. The number of hydrogen-bond donors (Lipinski definition) is 4. The third kappa shape index (κ3) is 3.81. The predicted octanol–water partition coefficient (Wildman–Crippen LogP) is 1.33. The highest BCUT2D eigenvalue weighted by Crippen LogP contribution is 2.47. The Morgan fingerprint density at radius 3 is 2.83 bits per heavy atom. The second-order valence-corrected chi connectivity index (χ2v) is 7.74. The maximum atomic E-state index is 10.1. The first kappa shape index (κ1) is 19.0. The van der Waals surface area contributed by atoms with E-state index in [9.17, 15) is 4.89 Å². The molecule has 0 spiro atoms. The minimum Gasteiger partial charge on any atom is -0.382 e. The molecule has 0 radical (unpaired) electrons. The van der Waals surface area contributed by atoms with E-state index in [0.29, 0.717) is 29.9 Å². The molecule has 24 heavy (non-hydrogen) atoms. The average Bonchev–Trinajstić information content (AvgIpc) is 2.82. The summed E-state index contributed by atoms with van der Waals surface area (Å²) in [6, 6.07) is 0. The van der Waals surface area contributed by atoms with Crippen molar-refractivity contribution in [3.05, 3.63) is 6.33 Å². The molecule has 6 N–H and O–H groups in total. The van der Waals surface area contributed by atoms with Crippen LogP contribution in [0.4, 0.5) is 17.3 Å². The fraction of sp³-hybridized carbons (Fsp3) is 0.643. The first-order valence-corrected chi connectivity index (χ1v) is 10.1. The van der Waals surface area contributed by atoms with Crippen LogP contribution < -0.4 is 21.7 Å². The first-order valence-electron chi connectivity index (χ1n) is 8.11. The molecule has 2 aliphatic heterocycles. The van der Waals surface area contributed by atoms with Crippen molar-refractivity contribution in [2.45, 2.75) is 52.4 Å². The van der Waals surface area contributed by atoms with E-state index >= 15 is 0 Å². The number of nitrogens with one attached hydrogen (secondary N) is 1. The van der Waals surface area contributed by atoms with Crippen molar-refractivity contribution in [1.29, 1.82) is 0 Å². The van der Waals surface area contributed by atoms with Crippen molar-refractivity contribution in [3.63, 3.8) is 0 Å². The second-order valence-electron chi connectivity index (χ2n) is 5.39. The number of aromatic nitrogens is 2. The van der Waals surface area contributed by atoms with Crippen LogP contribution in [0.2, 0.25) is 0 Å². The van der Waals surface area contributed by atoms with Gasteiger partial charge in [0, 0.05) is 12.6 Å². The highest BCUT2D eigenvalue weighted by atomic mass is 31.2. The standard InChI is InChI=1S/C12H21N6O3P.C2H6/c1-3-4-22(2,19)21-8-5-7(20-8)18-11-9(17-12(18)14)10(13)15-6-16-11;1-2/h6-8,12,17,19H,2-5,14H2,1H3,(H2,13,15,16);1-2H3. The summed E-state index contributed by atoms with van der Waals surface area (Å²) in [6.45, 7) is 5.97. The molecule has 0 aromatic carbocycles. The summed E-state index contributed by atoms with van der Waals surface area (Å²) in [7, 11) is -2.60. The molecule has 0 aliphatic carbocycles. The molecule has 3 rings (SSSR count). The number of fused-ring (bicyclic) bond motifs is 1. The van der Waals surface area contributed by atoms with E-state index in [4.69, 9.17) is 20.7 Å². The lowest BCUT2D eigenvalue weighted by Crippen LogP contribution is -2.57. The molecule has 10 heteroatoms. The van der Waals surface area contributed by atoms with Gasteiger partial charge in [0.25, 0.3) is 0 Å². The van der Waals surface area contributed by atoms with Crippen molar-refractivity contribution in [1.82, 2.24) is 9.97 Å². The zero-order valence-electron chi connectivity index (χ0n) is 14.3. The summed E-state index contributed by atoms with van der Waals surface area (Å²) in [6.07, 6.45) is 5.81. The fourth-order valence-corrected chi connectivity index (χ4v) is 3.96. The Kier molecular flexibility index (Phi) is 6.06. The smallest absolute Gasteiger partial charge is 0.170 e. The summed E-state index contributed by atoms with van der Waals surface area (Å²) in [5.74, 6) is 0.952. The lowest BCUT2D eigenvalue weighted by molar-refractivity contribution is -0.217. The number of nitrogen functional groups attached to an aromatic ring is 1. The van der Waals surface area contributed by atoms with Crippen LogP contribution in [0.3, 0.4) is 0 Å². The minimum atomic E-state index is -2.60. The number of anilines is 3. The van der Waals surface area contributed by atoms with Crippen molar-refractivity contribution < 1.29 is 14.2 Å². The summed E-state index contributed by atoms with van der Waals surface area (Å²) in [5.41, 5.74) is 12.5. The van der Waals surface area contributed by atoms with E-state index in [0.717, 1.165) is 6.42 Å². The van der Waals surface area contributed by atoms with Crippen molar-refractivity contribution in [2.75, 3.05) is 22.1 Å². The Bertz CT molecular complexity index is 610. The molecule has 9 nitrogen and oxygen atoms in total. The lowest BCUT2D eigenvalue weighted by Gasteiger charge is -2.43. The van der Waals surface area contributed by atoms with Crippen molar-refractivity contribution in [2.24, 2.45) is 5.73 Å². The van der Waals surface area contributed by atoms with E-state index in [1.165, 1.54) is 6.33 Å². The Morgan fingerprint density at radius 2 is 2.21 bits per heavy atom. The zero-order chi connectivity index (χ0) is 17.9. The minimum absolute atomic E-state index is 0.287. The number of nitrogens with zero attached hydrogens (tertiary/aromatic N) is 3. The Morgan fingerprint density at radius 1 is 1.54 bits per heavy atom. The van der Waals surface area contributed by atoms with Gasteiger partial charge in [-0.3, -0.25) is 10.6 Å². The topological polar surface area (TPSA) is 132 Å². The van der Waals surface area contributed by atoms with Crippen LogP contribution in [0.1, 0.15) is 33.6 Å². The highest BCUT2D eigenvalue weighted by Gasteiger charge is 2.44. The molecule has 0 amide bonds. The fourth-order valence-electron chi connectivity index (χ4n) is 2.59. The van der Waals surface area contributed by atoms with Crippen LogP contribution in [-0.4, -0.2) is 46.1 Å². The van der Waals surface area contributed by atoms with Gasteiger partial charge in [0.1, 0.15) is 25.6 Å². The second kappa shape index (κ2) is 7.67. The van der Waals surface area contributed by atoms with Gasteiger partial charge >= 0.3 is 0 Å². The van der Waals surface area contributed by atoms with Crippen LogP contribution in [0, 0.1) is 0 Å². The SMILES string of the molecule is C=P(O)(CCC)OC1CC(N2c3ncnc(N)c3NC2N)O1.CC. The van der Waals surface area contributed by atoms with Crippen LogP contribution in [0.25, 0.3) is 0 Å². The molecule has 4 unspecified atom stereocenters. The number of hydrogen-bond acceptors (Lipinski definition) is 9. The normalized spacial score (nSPS) is 27.2. The molecule has 2 aliphatic rings. The molecule has 4 atom stereocenters. The number of ether oxygens (including phenoxy) is 1. The van der Waals surface area contributed by atoms with Gasteiger partial charge in [-0.25, -0.2) is 9.97 Å². The Hall–Kier alpha value is -1.38. The largest absolute Gasteiger partial charge is 0.382 e. The summed E-state index contributed by atoms with van der Waals surface area (Å²) < 4.78 is 11.2. The van der Waals surface area contributed by atoms with Gasteiger partial charge in [-0.05, 0) is 6.42 Å². The third-order valence-electron chi connectivity index (χ3n) is 3.59. The Labute approximate surface area is 142 Å². The quantitative estimate of drug-likeness (QED) is 0.575. The van der Waals surface area contributed by atoms with Crippen LogP contribution >= 0.6 is 7.34 Å². The van der Waals surface area contributed by atoms with Gasteiger partial charge in [0.15, 0.2) is 24.2 Å². The molecule has 1 aromatic heterocycles. The third-order valence-corrected chi connectivity index (χ3v) is 5.37. The van der Waals surface area contributed by atoms with Gasteiger partial charge in [0.2, 0.25) is 0 Å². The van der Waals surface area contributed by atoms with Gasteiger partial charge in [-0.2, -0.15) is 0 Å². The predicted molar refractivity (Wildman–Crippen MR) is 97.7 cm³/mol. The molecular formula is C14H27N6O3P. The maximum absolute atomic E-state index is 10.1.